The van der Waals surface area contributed by atoms with E-state index in [1.54, 1.807) is 12.1 Å². The first-order valence-corrected chi connectivity index (χ1v) is 14.3. The van der Waals surface area contributed by atoms with Crippen LogP contribution in [-0.2, 0) is 14.4 Å². The minimum atomic E-state index is -2.84. The van der Waals surface area contributed by atoms with Gasteiger partial charge in [0.05, 0.1) is 11.6 Å². The SMILES string of the molecule is N#Cc1ccnc(N2C(=O)[C@H](O)C[C@H]2C(=O)N(c2cccc(F)c2)C(C(=O)NC2CCC(F)(F)CC2)c2ccccc2Cl)c1. The molecule has 1 aromatic heterocycles. The van der Waals surface area contributed by atoms with Crippen molar-refractivity contribution in [2.24, 2.45) is 0 Å². The van der Waals surface area contributed by atoms with E-state index >= 15 is 0 Å². The molecular formula is C31H27ClF3N5O4. The van der Waals surface area contributed by atoms with Crippen LogP contribution in [0.5, 0.6) is 0 Å². The highest BCUT2D eigenvalue weighted by Gasteiger charge is 2.48. The van der Waals surface area contributed by atoms with Crippen molar-refractivity contribution < 1.29 is 32.7 Å². The average molecular weight is 626 g/mol. The van der Waals surface area contributed by atoms with Crippen LogP contribution in [0.15, 0.2) is 66.9 Å². The van der Waals surface area contributed by atoms with Gasteiger partial charge in [0, 0.05) is 47.8 Å². The molecule has 0 radical (unpaired) electrons. The van der Waals surface area contributed by atoms with Crippen molar-refractivity contribution in [1.29, 1.82) is 5.26 Å². The Morgan fingerprint density at radius 2 is 1.86 bits per heavy atom. The van der Waals surface area contributed by atoms with Crippen LogP contribution in [0, 0.1) is 17.1 Å². The average Bonchev–Trinajstić information content (AvgIpc) is 3.30. The van der Waals surface area contributed by atoms with Gasteiger partial charge in [0.2, 0.25) is 11.8 Å². The van der Waals surface area contributed by atoms with E-state index in [-0.39, 0.29) is 40.5 Å². The van der Waals surface area contributed by atoms with Crippen molar-refractivity contribution in [1.82, 2.24) is 10.3 Å². The molecule has 2 aromatic carbocycles. The number of amides is 3. The zero-order valence-corrected chi connectivity index (χ0v) is 23.9. The first-order chi connectivity index (χ1) is 21.0. The van der Waals surface area contributed by atoms with Crippen LogP contribution in [0.25, 0.3) is 0 Å². The van der Waals surface area contributed by atoms with Crippen LogP contribution in [0.1, 0.15) is 49.3 Å². The molecule has 1 aliphatic carbocycles. The largest absolute Gasteiger partial charge is 0.383 e. The zero-order valence-electron chi connectivity index (χ0n) is 23.2. The summed E-state index contributed by atoms with van der Waals surface area (Å²) in [7, 11) is 0. The number of alkyl halides is 2. The number of aliphatic hydroxyl groups is 1. The van der Waals surface area contributed by atoms with E-state index in [1.165, 1.54) is 42.6 Å². The number of hydrogen-bond donors (Lipinski definition) is 2. The van der Waals surface area contributed by atoms with Crippen molar-refractivity contribution in [2.75, 3.05) is 9.80 Å². The number of aromatic nitrogens is 1. The monoisotopic (exact) mass is 625 g/mol. The van der Waals surface area contributed by atoms with Gasteiger partial charge in [-0.05, 0) is 49.2 Å². The maximum absolute atomic E-state index is 14.6. The number of carbonyl (C=O) groups excluding carboxylic acids is 3. The number of hydrogen-bond acceptors (Lipinski definition) is 6. The molecule has 5 rings (SSSR count). The fraction of sp³-hybridized carbons (Fsp3) is 0.323. The fourth-order valence-electron chi connectivity index (χ4n) is 5.58. The van der Waals surface area contributed by atoms with Crippen LogP contribution in [-0.4, -0.2) is 51.9 Å². The van der Waals surface area contributed by atoms with Gasteiger partial charge in [0.1, 0.15) is 29.8 Å². The molecule has 3 aromatic rings. The van der Waals surface area contributed by atoms with Gasteiger partial charge in [-0.2, -0.15) is 5.26 Å². The van der Waals surface area contributed by atoms with Crippen molar-refractivity contribution in [3.05, 3.63) is 88.8 Å². The van der Waals surface area contributed by atoms with Crippen LogP contribution >= 0.6 is 11.6 Å². The molecule has 2 N–H and O–H groups in total. The molecule has 2 fully saturated rings. The second kappa shape index (κ2) is 12.6. The summed E-state index contributed by atoms with van der Waals surface area (Å²) >= 11 is 6.54. The summed E-state index contributed by atoms with van der Waals surface area (Å²) in [5.41, 5.74) is 0.243. The van der Waals surface area contributed by atoms with Gasteiger partial charge in [-0.25, -0.2) is 18.2 Å². The number of nitriles is 1. The molecule has 44 heavy (non-hydrogen) atoms. The van der Waals surface area contributed by atoms with E-state index in [1.807, 2.05) is 6.07 Å². The molecule has 13 heteroatoms. The molecule has 3 atom stereocenters. The molecule has 1 unspecified atom stereocenters. The second-order valence-corrected chi connectivity index (χ2v) is 11.1. The number of aliphatic hydroxyl groups excluding tert-OH is 1. The fourth-order valence-corrected chi connectivity index (χ4v) is 5.82. The standard InChI is InChI=1S/C31H27ClF3N5O4/c32-23-7-2-1-6-22(23)27(28(42)38-20-8-11-31(34,35)12-9-20)39(21-5-3-4-19(33)15-21)29(43)24-16-25(41)30(44)40(24)26-14-18(17-36)10-13-37-26/h1-7,10,13-15,20,24-25,27,41H,8-9,11-12,16H2,(H,38,42)/t24-,25+,27?/m0/s1. The Balaban J connectivity index is 1.61. The van der Waals surface area contributed by atoms with Gasteiger partial charge >= 0.3 is 0 Å². The van der Waals surface area contributed by atoms with Crippen LogP contribution in [0.4, 0.5) is 24.7 Å². The van der Waals surface area contributed by atoms with Crippen molar-refractivity contribution in [3.8, 4) is 6.07 Å². The molecule has 3 amide bonds. The summed E-state index contributed by atoms with van der Waals surface area (Å²) in [5, 5.41) is 22.8. The van der Waals surface area contributed by atoms with E-state index in [2.05, 4.69) is 10.3 Å². The van der Waals surface area contributed by atoms with Gasteiger partial charge in [-0.1, -0.05) is 35.9 Å². The van der Waals surface area contributed by atoms with Crippen LogP contribution in [0.2, 0.25) is 5.02 Å². The molecule has 1 saturated carbocycles. The third kappa shape index (κ3) is 6.39. The van der Waals surface area contributed by atoms with Gasteiger partial charge in [0.25, 0.3) is 11.8 Å². The number of anilines is 2. The summed E-state index contributed by atoms with van der Waals surface area (Å²) in [4.78, 5) is 47.9. The maximum Gasteiger partial charge on any atom is 0.257 e. The number of rotatable bonds is 7. The molecule has 0 spiro atoms. The summed E-state index contributed by atoms with van der Waals surface area (Å²) in [5.74, 6) is -6.14. The van der Waals surface area contributed by atoms with E-state index in [0.29, 0.717) is 0 Å². The molecular weight excluding hydrogens is 599 g/mol. The summed E-state index contributed by atoms with van der Waals surface area (Å²) in [6.07, 6.45) is -1.58. The van der Waals surface area contributed by atoms with E-state index < -0.39 is 73.0 Å². The molecule has 0 bridgehead atoms. The molecule has 9 nitrogen and oxygen atoms in total. The lowest BCUT2D eigenvalue weighted by molar-refractivity contribution is -0.128. The molecule has 1 saturated heterocycles. The van der Waals surface area contributed by atoms with Crippen molar-refractivity contribution in [3.63, 3.8) is 0 Å². The number of benzene rings is 2. The predicted molar refractivity (Wildman–Crippen MR) is 154 cm³/mol. The molecule has 2 heterocycles. The van der Waals surface area contributed by atoms with E-state index in [4.69, 9.17) is 11.6 Å². The number of pyridine rings is 1. The third-order valence-corrected chi connectivity index (χ3v) is 8.13. The highest BCUT2D eigenvalue weighted by molar-refractivity contribution is 6.31. The molecule has 228 valence electrons. The Morgan fingerprint density at radius 3 is 2.55 bits per heavy atom. The smallest absolute Gasteiger partial charge is 0.257 e. The Morgan fingerprint density at radius 1 is 1.14 bits per heavy atom. The lowest BCUT2D eigenvalue weighted by Crippen LogP contribution is -2.53. The van der Waals surface area contributed by atoms with Crippen molar-refractivity contribution in [2.45, 2.75) is 62.3 Å². The van der Waals surface area contributed by atoms with Gasteiger partial charge in [-0.3, -0.25) is 24.2 Å². The topological polar surface area (TPSA) is 127 Å². The second-order valence-electron chi connectivity index (χ2n) is 10.7. The number of halogens is 4. The number of carbonyl (C=O) groups is 3. The molecule has 2 aliphatic rings. The summed E-state index contributed by atoms with van der Waals surface area (Å²) in [6.45, 7) is 0. The van der Waals surface area contributed by atoms with Crippen LogP contribution < -0.4 is 15.1 Å². The van der Waals surface area contributed by atoms with Gasteiger partial charge < -0.3 is 10.4 Å². The minimum absolute atomic E-state index is 0.000106. The summed E-state index contributed by atoms with van der Waals surface area (Å²) < 4.78 is 42.3. The highest BCUT2D eigenvalue weighted by Crippen LogP contribution is 2.37. The molecule has 1 aliphatic heterocycles. The Bertz CT molecular complexity index is 1620. The van der Waals surface area contributed by atoms with Gasteiger partial charge in [0.15, 0.2) is 0 Å². The lowest BCUT2D eigenvalue weighted by Gasteiger charge is -2.37. The first-order valence-electron chi connectivity index (χ1n) is 13.9. The van der Waals surface area contributed by atoms with Gasteiger partial charge in [-0.15, -0.1) is 0 Å². The Hall–Kier alpha value is -4.47. The predicted octanol–water partition coefficient (Wildman–Crippen LogP) is 4.68. The van der Waals surface area contributed by atoms with E-state index in [0.717, 1.165) is 21.9 Å². The van der Waals surface area contributed by atoms with E-state index in [9.17, 15) is 37.9 Å². The third-order valence-electron chi connectivity index (χ3n) is 7.78. The maximum atomic E-state index is 14.6. The highest BCUT2D eigenvalue weighted by atomic mass is 35.5. The lowest BCUT2D eigenvalue weighted by atomic mass is 9.91. The first kappa shape index (κ1) is 31.0. The normalized spacial score (nSPS) is 20.5. The summed E-state index contributed by atoms with van der Waals surface area (Å²) in [6, 6.07) is 12.1. The van der Waals surface area contributed by atoms with Crippen LogP contribution in [0.3, 0.4) is 0 Å². The number of nitrogens with one attached hydrogen (secondary N) is 1. The van der Waals surface area contributed by atoms with Crippen molar-refractivity contribution >= 4 is 40.8 Å². The Kier molecular flexibility index (Phi) is 8.90. The zero-order chi connectivity index (χ0) is 31.6. The number of nitrogens with zero attached hydrogens (tertiary/aromatic N) is 4. The minimum Gasteiger partial charge on any atom is -0.383 e. The quantitative estimate of drug-likeness (QED) is 0.393. The Labute approximate surface area is 255 Å².